The molecule has 0 radical (unpaired) electrons. The summed E-state index contributed by atoms with van der Waals surface area (Å²) in [7, 11) is 0. The lowest BCUT2D eigenvalue weighted by Gasteiger charge is -2.33. The number of hydrogen-bond acceptors (Lipinski definition) is 6. The van der Waals surface area contributed by atoms with Crippen LogP contribution in [0.4, 0.5) is 18.9 Å². The molecule has 0 saturated carbocycles. The highest BCUT2D eigenvalue weighted by molar-refractivity contribution is 6.32. The molecule has 0 bridgehead atoms. The Bertz CT molecular complexity index is 725. The molecule has 1 aliphatic rings. The molecule has 10 heteroatoms. The van der Waals surface area contributed by atoms with Crippen molar-refractivity contribution in [3.8, 4) is 6.07 Å². The fraction of sp³-hybridized carbons (Fsp3) is 0.438. The standard InChI is InChI=1S/C16H14ClF3N2O4/c17-12-2-1-3-13(11(12)8-21)22-6-4-10(5-7-22)26-14(23)9-25-15(24)16(18,19)20/h1-3,10H,4-7,9H2. The fourth-order valence-electron chi connectivity index (χ4n) is 2.53. The number of rotatable bonds is 4. The van der Waals surface area contributed by atoms with Crippen molar-refractivity contribution < 1.29 is 32.2 Å². The molecule has 0 aliphatic carbocycles. The molecule has 1 fully saturated rings. The number of halogens is 4. The summed E-state index contributed by atoms with van der Waals surface area (Å²) in [4.78, 5) is 24.0. The molecule has 0 aromatic heterocycles. The van der Waals surface area contributed by atoms with E-state index in [4.69, 9.17) is 16.3 Å². The van der Waals surface area contributed by atoms with E-state index in [9.17, 15) is 28.0 Å². The summed E-state index contributed by atoms with van der Waals surface area (Å²) in [5, 5.41) is 9.55. The summed E-state index contributed by atoms with van der Waals surface area (Å²) < 4.78 is 44.8. The first-order chi connectivity index (χ1) is 12.2. The number of alkyl halides is 3. The Hall–Kier alpha value is -2.47. The summed E-state index contributed by atoms with van der Waals surface area (Å²) in [6, 6.07) is 7.14. The highest BCUT2D eigenvalue weighted by Crippen LogP contribution is 2.29. The minimum atomic E-state index is -5.15. The summed E-state index contributed by atoms with van der Waals surface area (Å²) in [5.74, 6) is -3.48. The van der Waals surface area contributed by atoms with Gasteiger partial charge in [-0.2, -0.15) is 18.4 Å². The third kappa shape index (κ3) is 5.02. The van der Waals surface area contributed by atoms with E-state index in [1.807, 2.05) is 11.0 Å². The van der Waals surface area contributed by atoms with Gasteiger partial charge in [0.15, 0.2) is 6.61 Å². The van der Waals surface area contributed by atoms with Crippen LogP contribution in [0, 0.1) is 11.3 Å². The Morgan fingerprint density at radius 1 is 1.31 bits per heavy atom. The minimum Gasteiger partial charge on any atom is -0.460 e. The van der Waals surface area contributed by atoms with Crippen molar-refractivity contribution in [2.45, 2.75) is 25.1 Å². The highest BCUT2D eigenvalue weighted by atomic mass is 35.5. The molecule has 140 valence electrons. The SMILES string of the molecule is N#Cc1c(Cl)cccc1N1CCC(OC(=O)COC(=O)C(F)(F)F)CC1. The van der Waals surface area contributed by atoms with Crippen LogP contribution in [0.2, 0.25) is 5.02 Å². The monoisotopic (exact) mass is 390 g/mol. The van der Waals surface area contributed by atoms with Crippen molar-refractivity contribution in [2.75, 3.05) is 24.6 Å². The molecule has 0 amide bonds. The number of esters is 2. The van der Waals surface area contributed by atoms with E-state index in [0.29, 0.717) is 42.2 Å². The van der Waals surface area contributed by atoms with E-state index in [-0.39, 0.29) is 0 Å². The van der Waals surface area contributed by atoms with Crippen LogP contribution in [0.3, 0.4) is 0 Å². The smallest absolute Gasteiger partial charge is 0.460 e. The van der Waals surface area contributed by atoms with Gasteiger partial charge in [-0.05, 0) is 12.1 Å². The number of piperidine rings is 1. The molecule has 6 nitrogen and oxygen atoms in total. The first-order valence-corrected chi connectivity index (χ1v) is 7.97. The maximum Gasteiger partial charge on any atom is 0.490 e. The molecular weight excluding hydrogens is 377 g/mol. The first kappa shape index (κ1) is 19.8. The number of nitriles is 1. The average molecular weight is 391 g/mol. The van der Waals surface area contributed by atoms with Crippen LogP contribution < -0.4 is 4.90 Å². The summed E-state index contributed by atoms with van der Waals surface area (Å²) >= 11 is 6.00. The van der Waals surface area contributed by atoms with Crippen LogP contribution in [0.15, 0.2) is 18.2 Å². The van der Waals surface area contributed by atoms with Gasteiger partial charge in [0, 0.05) is 25.9 Å². The van der Waals surface area contributed by atoms with Crippen molar-refractivity contribution in [3.05, 3.63) is 28.8 Å². The van der Waals surface area contributed by atoms with Crippen LogP contribution in [0.1, 0.15) is 18.4 Å². The van der Waals surface area contributed by atoms with Crippen LogP contribution in [0.5, 0.6) is 0 Å². The second-order valence-corrected chi connectivity index (χ2v) is 5.90. The molecule has 1 aromatic rings. The lowest BCUT2D eigenvalue weighted by molar-refractivity contribution is -0.202. The van der Waals surface area contributed by atoms with Gasteiger partial charge in [0.1, 0.15) is 12.2 Å². The zero-order valence-electron chi connectivity index (χ0n) is 13.4. The van der Waals surface area contributed by atoms with Gasteiger partial charge >= 0.3 is 18.1 Å². The van der Waals surface area contributed by atoms with Gasteiger partial charge in [-0.15, -0.1) is 0 Å². The lowest BCUT2D eigenvalue weighted by Crippen LogP contribution is -2.39. The quantitative estimate of drug-likeness (QED) is 0.735. The molecule has 2 rings (SSSR count). The summed E-state index contributed by atoms with van der Waals surface area (Å²) in [5.41, 5.74) is 1.02. The zero-order chi connectivity index (χ0) is 19.3. The Kier molecular flexibility index (Phi) is 6.32. The Morgan fingerprint density at radius 2 is 1.96 bits per heavy atom. The van der Waals surface area contributed by atoms with E-state index in [1.54, 1.807) is 18.2 Å². The van der Waals surface area contributed by atoms with Crippen molar-refractivity contribution in [1.82, 2.24) is 0 Å². The van der Waals surface area contributed by atoms with E-state index in [0.717, 1.165) is 0 Å². The zero-order valence-corrected chi connectivity index (χ0v) is 14.1. The Labute approximate surface area is 152 Å². The van der Waals surface area contributed by atoms with E-state index >= 15 is 0 Å². The van der Waals surface area contributed by atoms with Gasteiger partial charge in [-0.1, -0.05) is 17.7 Å². The number of benzene rings is 1. The maximum absolute atomic E-state index is 12.0. The molecule has 0 spiro atoms. The summed E-state index contributed by atoms with van der Waals surface area (Å²) in [6.45, 7) is -0.157. The van der Waals surface area contributed by atoms with Crippen molar-refractivity contribution in [3.63, 3.8) is 0 Å². The third-order valence-corrected chi connectivity index (χ3v) is 4.05. The van der Waals surface area contributed by atoms with Gasteiger partial charge in [-0.25, -0.2) is 9.59 Å². The molecule has 1 saturated heterocycles. The number of anilines is 1. The van der Waals surface area contributed by atoms with Crippen LogP contribution >= 0.6 is 11.6 Å². The Morgan fingerprint density at radius 3 is 2.54 bits per heavy atom. The van der Waals surface area contributed by atoms with E-state index in [1.165, 1.54) is 0 Å². The largest absolute Gasteiger partial charge is 0.490 e. The number of carbonyl (C=O) groups is 2. The maximum atomic E-state index is 12.0. The predicted octanol–water partition coefficient (Wildman–Crippen LogP) is 2.83. The van der Waals surface area contributed by atoms with Gasteiger partial charge < -0.3 is 14.4 Å². The van der Waals surface area contributed by atoms with Gasteiger partial charge in [0.2, 0.25) is 0 Å². The van der Waals surface area contributed by atoms with Gasteiger partial charge in [0.25, 0.3) is 0 Å². The normalized spacial score (nSPS) is 15.3. The van der Waals surface area contributed by atoms with Crippen molar-refractivity contribution in [2.24, 2.45) is 0 Å². The fourth-order valence-corrected chi connectivity index (χ4v) is 2.74. The molecule has 1 heterocycles. The molecule has 0 unspecified atom stereocenters. The van der Waals surface area contributed by atoms with Crippen LogP contribution in [0.25, 0.3) is 0 Å². The van der Waals surface area contributed by atoms with Crippen molar-refractivity contribution in [1.29, 1.82) is 5.26 Å². The number of nitrogens with zero attached hydrogens (tertiary/aromatic N) is 2. The molecule has 0 N–H and O–H groups in total. The second-order valence-electron chi connectivity index (χ2n) is 5.50. The number of ether oxygens (including phenoxy) is 2. The third-order valence-electron chi connectivity index (χ3n) is 3.74. The topological polar surface area (TPSA) is 79.6 Å². The molecule has 1 aromatic carbocycles. The predicted molar refractivity (Wildman–Crippen MR) is 84.5 cm³/mol. The van der Waals surface area contributed by atoms with Gasteiger partial charge in [-0.3, -0.25) is 0 Å². The molecule has 0 atom stereocenters. The summed E-state index contributed by atoms with van der Waals surface area (Å²) in [6.07, 6.45) is -4.83. The highest BCUT2D eigenvalue weighted by Gasteiger charge is 2.41. The average Bonchev–Trinajstić information content (AvgIpc) is 2.59. The Balaban J connectivity index is 1.84. The first-order valence-electron chi connectivity index (χ1n) is 7.59. The molecule has 26 heavy (non-hydrogen) atoms. The number of hydrogen-bond donors (Lipinski definition) is 0. The van der Waals surface area contributed by atoms with E-state index in [2.05, 4.69) is 4.74 Å². The minimum absolute atomic E-state index is 0.338. The molecular formula is C16H14ClF3N2O4. The van der Waals surface area contributed by atoms with E-state index < -0.39 is 30.8 Å². The lowest BCUT2D eigenvalue weighted by atomic mass is 10.1. The molecule has 1 aliphatic heterocycles. The van der Waals surface area contributed by atoms with Gasteiger partial charge in [0.05, 0.1) is 16.3 Å². The van der Waals surface area contributed by atoms with Crippen molar-refractivity contribution >= 4 is 29.2 Å². The van der Waals surface area contributed by atoms with Crippen LogP contribution in [-0.4, -0.2) is 43.9 Å². The van der Waals surface area contributed by atoms with Crippen LogP contribution in [-0.2, 0) is 19.1 Å². The second kappa shape index (κ2) is 8.27. The number of carbonyl (C=O) groups excluding carboxylic acids is 2.